The van der Waals surface area contributed by atoms with Crippen LogP contribution in [0.2, 0.25) is 0 Å². The summed E-state index contributed by atoms with van der Waals surface area (Å²) in [6.45, 7) is 1.61. The van der Waals surface area contributed by atoms with E-state index >= 15 is 0 Å². The smallest absolute Gasteiger partial charge is 0.231 e. The lowest BCUT2D eigenvalue weighted by Crippen LogP contribution is -1.76. The summed E-state index contributed by atoms with van der Waals surface area (Å²) in [5.74, 6) is -0.0451. The highest BCUT2D eigenvalue weighted by atomic mass is 32.1. The SMILES string of the molecule is Cc1c(O)ccc(N=Nc2nc3ccccc3s2)c1O. The molecule has 5 nitrogen and oxygen atoms in total. The van der Waals surface area contributed by atoms with Crippen LogP contribution in [0.15, 0.2) is 46.6 Å². The van der Waals surface area contributed by atoms with Gasteiger partial charge < -0.3 is 10.2 Å². The molecular weight excluding hydrogens is 274 g/mol. The predicted octanol–water partition coefficient (Wildman–Crippen LogP) is 4.43. The number of phenols is 2. The number of benzene rings is 2. The largest absolute Gasteiger partial charge is 0.508 e. The van der Waals surface area contributed by atoms with Crippen molar-refractivity contribution in [1.82, 2.24) is 4.98 Å². The molecule has 100 valence electrons. The highest BCUT2D eigenvalue weighted by molar-refractivity contribution is 7.21. The second-order valence-electron chi connectivity index (χ2n) is 4.24. The zero-order valence-corrected chi connectivity index (χ0v) is 11.4. The number of hydrogen-bond donors (Lipinski definition) is 2. The van der Waals surface area contributed by atoms with Crippen molar-refractivity contribution < 1.29 is 10.2 Å². The van der Waals surface area contributed by atoms with E-state index in [4.69, 9.17) is 0 Å². The summed E-state index contributed by atoms with van der Waals surface area (Å²) < 4.78 is 1.03. The third-order valence-electron chi connectivity index (χ3n) is 2.91. The molecule has 0 aliphatic carbocycles. The van der Waals surface area contributed by atoms with Crippen molar-refractivity contribution in [3.8, 4) is 11.5 Å². The van der Waals surface area contributed by atoms with Crippen molar-refractivity contribution in [3.63, 3.8) is 0 Å². The van der Waals surface area contributed by atoms with Crippen LogP contribution >= 0.6 is 11.3 Å². The molecule has 0 unspecified atom stereocenters. The lowest BCUT2D eigenvalue weighted by Gasteiger charge is -2.03. The van der Waals surface area contributed by atoms with Crippen LogP contribution in [0.25, 0.3) is 10.2 Å². The molecule has 0 radical (unpaired) electrons. The van der Waals surface area contributed by atoms with Crippen LogP contribution in [0.4, 0.5) is 10.8 Å². The molecule has 2 aromatic carbocycles. The van der Waals surface area contributed by atoms with Gasteiger partial charge in [0.2, 0.25) is 5.13 Å². The summed E-state index contributed by atoms with van der Waals surface area (Å²) in [5.41, 5.74) is 1.56. The van der Waals surface area contributed by atoms with Gasteiger partial charge in [0.25, 0.3) is 0 Å². The summed E-state index contributed by atoms with van der Waals surface area (Å²) in [7, 11) is 0. The lowest BCUT2D eigenvalue weighted by atomic mass is 10.2. The molecule has 6 heteroatoms. The van der Waals surface area contributed by atoms with Crippen LogP contribution in [0.1, 0.15) is 5.56 Å². The molecule has 2 N–H and O–H groups in total. The van der Waals surface area contributed by atoms with E-state index < -0.39 is 0 Å². The van der Waals surface area contributed by atoms with Gasteiger partial charge in [-0.2, -0.15) is 0 Å². The van der Waals surface area contributed by atoms with E-state index in [1.165, 1.54) is 23.5 Å². The Morgan fingerprint density at radius 3 is 2.65 bits per heavy atom. The molecule has 3 aromatic rings. The van der Waals surface area contributed by atoms with Crippen LogP contribution in [0.5, 0.6) is 11.5 Å². The van der Waals surface area contributed by atoms with E-state index in [1.807, 2.05) is 24.3 Å². The molecule has 1 aromatic heterocycles. The second kappa shape index (κ2) is 4.90. The quantitative estimate of drug-likeness (QED) is 0.683. The molecule has 0 amide bonds. The Morgan fingerprint density at radius 1 is 1.05 bits per heavy atom. The number of phenolic OH excluding ortho intramolecular Hbond substituents is 2. The van der Waals surface area contributed by atoms with E-state index in [2.05, 4.69) is 15.2 Å². The second-order valence-corrected chi connectivity index (χ2v) is 5.25. The number of azo groups is 1. The Kier molecular flexibility index (Phi) is 3.08. The van der Waals surface area contributed by atoms with Gasteiger partial charge in [-0.3, -0.25) is 0 Å². The van der Waals surface area contributed by atoms with E-state index in [1.54, 1.807) is 6.92 Å². The maximum absolute atomic E-state index is 9.87. The Balaban J connectivity index is 1.96. The molecule has 1 heterocycles. The average molecular weight is 285 g/mol. The minimum atomic E-state index is -0.0742. The van der Waals surface area contributed by atoms with Crippen LogP contribution in [0, 0.1) is 6.92 Å². The summed E-state index contributed by atoms with van der Waals surface area (Å²) in [6, 6.07) is 10.7. The maximum Gasteiger partial charge on any atom is 0.231 e. The minimum absolute atomic E-state index is 0.0291. The molecule has 0 saturated carbocycles. The Bertz CT molecular complexity index is 778. The maximum atomic E-state index is 9.87. The molecule has 0 fully saturated rings. The monoisotopic (exact) mass is 285 g/mol. The van der Waals surface area contributed by atoms with Gasteiger partial charge in [0.05, 0.1) is 10.2 Å². The van der Waals surface area contributed by atoms with Crippen molar-refractivity contribution in [1.29, 1.82) is 0 Å². The third-order valence-corrected chi connectivity index (χ3v) is 3.83. The molecule has 0 spiro atoms. The first kappa shape index (κ1) is 12.6. The van der Waals surface area contributed by atoms with Gasteiger partial charge in [-0.15, -0.1) is 10.2 Å². The number of fused-ring (bicyclic) bond motifs is 1. The number of thiazole rings is 1. The number of para-hydroxylation sites is 1. The molecular formula is C14H11N3O2S. The minimum Gasteiger partial charge on any atom is -0.508 e. The fourth-order valence-corrected chi connectivity index (χ4v) is 2.54. The standard InChI is InChI=1S/C14H11N3O2S/c1-8-11(18)7-6-10(13(8)19)16-17-14-15-9-4-2-3-5-12(9)20-14/h2-7,18-19H,1H3. The van der Waals surface area contributed by atoms with Crippen molar-refractivity contribution in [2.45, 2.75) is 6.92 Å². The Hall–Kier alpha value is -2.47. The lowest BCUT2D eigenvalue weighted by molar-refractivity contribution is 0.444. The first-order chi connectivity index (χ1) is 9.65. The number of nitrogens with zero attached hydrogens (tertiary/aromatic N) is 3. The summed E-state index contributed by atoms with van der Waals surface area (Å²) >= 11 is 1.43. The van der Waals surface area contributed by atoms with Gasteiger partial charge in [0.15, 0.2) is 0 Å². The Labute approximate surface area is 118 Å². The molecule has 0 aliphatic heterocycles. The van der Waals surface area contributed by atoms with Crippen molar-refractivity contribution >= 4 is 32.4 Å². The normalized spacial score (nSPS) is 11.4. The predicted molar refractivity (Wildman–Crippen MR) is 78.3 cm³/mol. The fourth-order valence-electron chi connectivity index (χ4n) is 1.76. The van der Waals surface area contributed by atoms with Gasteiger partial charge >= 0.3 is 0 Å². The van der Waals surface area contributed by atoms with Crippen molar-refractivity contribution in [2.24, 2.45) is 10.2 Å². The van der Waals surface area contributed by atoms with Crippen LogP contribution in [0.3, 0.4) is 0 Å². The average Bonchev–Trinajstić information content (AvgIpc) is 2.87. The first-order valence-corrected chi connectivity index (χ1v) is 6.75. The van der Waals surface area contributed by atoms with Crippen molar-refractivity contribution in [2.75, 3.05) is 0 Å². The zero-order valence-electron chi connectivity index (χ0n) is 10.6. The Morgan fingerprint density at radius 2 is 1.85 bits per heavy atom. The zero-order chi connectivity index (χ0) is 14.1. The van der Waals surface area contributed by atoms with Crippen molar-refractivity contribution in [3.05, 3.63) is 42.0 Å². The van der Waals surface area contributed by atoms with Gasteiger partial charge in [-0.25, -0.2) is 4.98 Å². The molecule has 3 rings (SSSR count). The molecule has 0 saturated heterocycles. The van der Waals surface area contributed by atoms with Gasteiger partial charge in [-0.05, 0) is 31.2 Å². The highest BCUT2D eigenvalue weighted by Gasteiger charge is 2.08. The summed E-state index contributed by atoms with van der Waals surface area (Å²) in [6.07, 6.45) is 0. The molecule has 20 heavy (non-hydrogen) atoms. The van der Waals surface area contributed by atoms with Gasteiger partial charge in [0, 0.05) is 5.56 Å². The van der Waals surface area contributed by atoms with E-state index in [-0.39, 0.29) is 11.5 Å². The van der Waals surface area contributed by atoms with E-state index in [9.17, 15) is 10.2 Å². The fraction of sp³-hybridized carbons (Fsp3) is 0.0714. The van der Waals surface area contributed by atoms with E-state index in [0.29, 0.717) is 16.4 Å². The van der Waals surface area contributed by atoms with Gasteiger partial charge in [0.1, 0.15) is 17.2 Å². The van der Waals surface area contributed by atoms with Crippen LogP contribution < -0.4 is 0 Å². The summed E-state index contributed by atoms with van der Waals surface area (Å²) in [4.78, 5) is 4.32. The molecule has 0 atom stereocenters. The third kappa shape index (κ3) is 2.21. The van der Waals surface area contributed by atoms with Crippen LogP contribution in [-0.2, 0) is 0 Å². The van der Waals surface area contributed by atoms with Gasteiger partial charge in [-0.1, -0.05) is 23.5 Å². The summed E-state index contributed by atoms with van der Waals surface area (Å²) in [5, 5.41) is 27.9. The number of aromatic nitrogens is 1. The number of aromatic hydroxyl groups is 2. The topological polar surface area (TPSA) is 78.1 Å². The first-order valence-electron chi connectivity index (χ1n) is 5.94. The van der Waals surface area contributed by atoms with E-state index in [0.717, 1.165) is 10.2 Å². The van der Waals surface area contributed by atoms with Crippen LogP contribution in [-0.4, -0.2) is 15.2 Å². The number of rotatable bonds is 2. The molecule has 0 bridgehead atoms. The number of hydrogen-bond acceptors (Lipinski definition) is 6. The highest BCUT2D eigenvalue weighted by Crippen LogP contribution is 2.36. The molecule has 0 aliphatic rings.